The van der Waals surface area contributed by atoms with Crippen molar-refractivity contribution in [2.75, 3.05) is 6.61 Å². The van der Waals surface area contributed by atoms with E-state index in [1.165, 1.54) is 18.4 Å². The summed E-state index contributed by atoms with van der Waals surface area (Å²) in [5, 5.41) is 12.7. The van der Waals surface area contributed by atoms with Gasteiger partial charge in [-0.3, -0.25) is 4.79 Å². The molecule has 4 heteroatoms. The highest BCUT2D eigenvalue weighted by Gasteiger charge is 2.33. The number of allylic oxidation sites excluding steroid dienone is 4. The lowest BCUT2D eigenvalue weighted by Crippen LogP contribution is -2.39. The monoisotopic (exact) mass is 403 g/mol. The Labute approximate surface area is 177 Å². The summed E-state index contributed by atoms with van der Waals surface area (Å²) < 4.78 is 6.15. The molecule has 2 rings (SSSR count). The van der Waals surface area contributed by atoms with E-state index in [-0.39, 0.29) is 24.2 Å². The number of rotatable bonds is 8. The van der Waals surface area contributed by atoms with Crippen LogP contribution >= 0.6 is 0 Å². The lowest BCUT2D eigenvalue weighted by molar-refractivity contribution is -0.117. The first kappa shape index (κ1) is 23.9. The van der Waals surface area contributed by atoms with E-state index < -0.39 is 0 Å². The number of carbonyl (C=O) groups is 1. The van der Waals surface area contributed by atoms with E-state index in [1.54, 1.807) is 6.08 Å². The van der Waals surface area contributed by atoms with E-state index in [2.05, 4.69) is 44.3 Å². The lowest BCUT2D eigenvalue weighted by Gasteiger charge is -2.39. The van der Waals surface area contributed by atoms with E-state index in [0.717, 1.165) is 38.5 Å². The van der Waals surface area contributed by atoms with Gasteiger partial charge in [-0.1, -0.05) is 36.8 Å². The molecule has 164 valence electrons. The van der Waals surface area contributed by atoms with E-state index in [1.807, 2.05) is 13.0 Å². The fraction of sp³-hybridized carbons (Fsp3) is 0.720. The molecule has 2 N–H and O–H groups in total. The number of hydrogen-bond acceptors (Lipinski definition) is 3. The quantitative estimate of drug-likeness (QED) is 0.438. The van der Waals surface area contributed by atoms with Crippen LogP contribution in [0.3, 0.4) is 0 Å². The molecule has 1 aliphatic heterocycles. The molecule has 1 saturated carbocycles. The highest BCUT2D eigenvalue weighted by Crippen LogP contribution is 2.33. The fourth-order valence-corrected chi connectivity index (χ4v) is 4.57. The number of ether oxygens (including phenoxy) is 1. The maximum Gasteiger partial charge on any atom is 0.243 e. The molecule has 1 amide bonds. The second-order valence-electron chi connectivity index (χ2n) is 9.48. The summed E-state index contributed by atoms with van der Waals surface area (Å²) in [4.78, 5) is 11.8. The van der Waals surface area contributed by atoms with E-state index in [4.69, 9.17) is 4.74 Å². The summed E-state index contributed by atoms with van der Waals surface area (Å²) in [7, 11) is 0. The molecular formula is C25H41NO3. The van der Waals surface area contributed by atoms with E-state index in [0.29, 0.717) is 17.9 Å². The average Bonchev–Trinajstić information content (AvgIpc) is 2.69. The van der Waals surface area contributed by atoms with E-state index >= 15 is 0 Å². The van der Waals surface area contributed by atoms with Crippen LogP contribution in [0.1, 0.15) is 79.1 Å². The predicted molar refractivity (Wildman–Crippen MR) is 120 cm³/mol. The first-order chi connectivity index (χ1) is 13.8. The highest BCUT2D eigenvalue weighted by molar-refractivity contribution is 5.87. The van der Waals surface area contributed by atoms with Gasteiger partial charge in [0.15, 0.2) is 0 Å². The molecule has 2 aliphatic rings. The van der Waals surface area contributed by atoms with Crippen LogP contribution in [0.2, 0.25) is 0 Å². The minimum atomic E-state index is -0.168. The smallest absolute Gasteiger partial charge is 0.243 e. The van der Waals surface area contributed by atoms with Crippen molar-refractivity contribution in [1.82, 2.24) is 5.32 Å². The molecule has 0 unspecified atom stereocenters. The van der Waals surface area contributed by atoms with Crippen molar-refractivity contribution >= 4 is 5.91 Å². The number of aliphatic hydroxyl groups excluding tert-OH is 1. The number of carbonyl (C=O) groups excluding carboxylic acids is 1. The zero-order chi connectivity index (χ0) is 21.3. The van der Waals surface area contributed by atoms with Crippen molar-refractivity contribution in [1.29, 1.82) is 0 Å². The van der Waals surface area contributed by atoms with Gasteiger partial charge in [-0.15, -0.1) is 0 Å². The summed E-state index contributed by atoms with van der Waals surface area (Å²) in [6.45, 7) is 8.65. The average molecular weight is 404 g/mol. The van der Waals surface area contributed by atoms with Crippen LogP contribution < -0.4 is 5.32 Å². The van der Waals surface area contributed by atoms with Crippen LogP contribution in [0.15, 0.2) is 36.0 Å². The van der Waals surface area contributed by atoms with Crippen LogP contribution in [0, 0.1) is 11.8 Å². The van der Waals surface area contributed by atoms with Crippen LogP contribution in [0.5, 0.6) is 0 Å². The third-order valence-corrected chi connectivity index (χ3v) is 6.12. The Kier molecular flexibility index (Phi) is 9.64. The Bertz CT molecular complexity index is 597. The summed E-state index contributed by atoms with van der Waals surface area (Å²) in [6, 6.07) is 0.330. The molecular weight excluding hydrogens is 362 g/mol. The number of amides is 1. The Morgan fingerprint density at radius 1 is 1.17 bits per heavy atom. The van der Waals surface area contributed by atoms with Crippen LogP contribution in [0.4, 0.5) is 0 Å². The fourth-order valence-electron chi connectivity index (χ4n) is 4.57. The summed E-state index contributed by atoms with van der Waals surface area (Å²) in [5.74, 6) is 1.08. The Balaban J connectivity index is 1.74. The second-order valence-corrected chi connectivity index (χ2v) is 9.48. The van der Waals surface area contributed by atoms with Crippen molar-refractivity contribution in [3.8, 4) is 0 Å². The molecule has 0 aromatic rings. The third kappa shape index (κ3) is 8.88. The normalized spacial score (nSPS) is 30.7. The molecule has 2 fully saturated rings. The topological polar surface area (TPSA) is 58.6 Å². The van der Waals surface area contributed by atoms with Crippen molar-refractivity contribution in [3.05, 3.63) is 36.0 Å². The standard InChI is InChI=1S/C25H41NO3/c1-5-6-7-24(28)26-22-13-11-20(12-14-22)10-8-19(2)9-15-23-16-21(18-27)17-25(3,4)29-23/h6-9,15,20-23,27H,5,10-14,16-18H2,1-4H3,(H,26,28)/b7-6-,15-9+,19-8+/t20?,21-,22?,23+/m0/s1. The molecule has 0 bridgehead atoms. The van der Waals surface area contributed by atoms with Gasteiger partial charge >= 0.3 is 0 Å². The predicted octanol–water partition coefficient (Wildman–Crippen LogP) is 5.09. The van der Waals surface area contributed by atoms with Crippen molar-refractivity contribution in [2.24, 2.45) is 11.8 Å². The van der Waals surface area contributed by atoms with Gasteiger partial charge in [0.25, 0.3) is 0 Å². The molecule has 0 aromatic heterocycles. The van der Waals surface area contributed by atoms with Crippen LogP contribution in [0.25, 0.3) is 0 Å². The maximum atomic E-state index is 11.8. The zero-order valence-electron chi connectivity index (χ0n) is 18.8. The first-order valence-electron chi connectivity index (χ1n) is 11.4. The molecule has 0 radical (unpaired) electrons. The summed E-state index contributed by atoms with van der Waals surface area (Å²) in [6.07, 6.45) is 18.6. The Morgan fingerprint density at radius 2 is 1.90 bits per heavy atom. The second kappa shape index (κ2) is 11.7. The summed E-state index contributed by atoms with van der Waals surface area (Å²) >= 11 is 0. The molecule has 4 nitrogen and oxygen atoms in total. The molecule has 2 atom stereocenters. The summed E-state index contributed by atoms with van der Waals surface area (Å²) in [5.41, 5.74) is 1.11. The van der Waals surface area contributed by atoms with Crippen molar-refractivity contribution < 1.29 is 14.6 Å². The van der Waals surface area contributed by atoms with Gasteiger partial charge in [-0.05, 0) is 90.0 Å². The van der Waals surface area contributed by atoms with Gasteiger partial charge in [-0.25, -0.2) is 0 Å². The minimum absolute atomic E-state index is 0.0488. The molecule has 1 saturated heterocycles. The van der Waals surface area contributed by atoms with Crippen LogP contribution in [-0.2, 0) is 9.53 Å². The first-order valence-corrected chi connectivity index (χ1v) is 11.4. The number of hydrogen-bond donors (Lipinski definition) is 2. The van der Waals surface area contributed by atoms with Gasteiger partial charge in [0, 0.05) is 12.6 Å². The van der Waals surface area contributed by atoms with Crippen molar-refractivity contribution in [3.63, 3.8) is 0 Å². The van der Waals surface area contributed by atoms with E-state index in [9.17, 15) is 9.90 Å². The third-order valence-electron chi connectivity index (χ3n) is 6.12. The van der Waals surface area contributed by atoms with Gasteiger partial charge in [0.1, 0.15) is 0 Å². The number of nitrogens with one attached hydrogen (secondary N) is 1. The molecule has 29 heavy (non-hydrogen) atoms. The van der Waals surface area contributed by atoms with Gasteiger partial charge in [-0.2, -0.15) is 0 Å². The van der Waals surface area contributed by atoms with Gasteiger partial charge in [0.2, 0.25) is 5.91 Å². The zero-order valence-corrected chi connectivity index (χ0v) is 18.8. The largest absolute Gasteiger partial charge is 0.396 e. The van der Waals surface area contributed by atoms with Gasteiger partial charge < -0.3 is 15.2 Å². The minimum Gasteiger partial charge on any atom is -0.396 e. The Hall–Kier alpha value is -1.39. The number of aliphatic hydroxyl groups is 1. The van der Waals surface area contributed by atoms with Crippen LogP contribution in [-0.4, -0.2) is 35.4 Å². The SMILES string of the molecule is CC/C=C\C(=O)NC1CCC(C/C=C(C)/C=C/[C@@H]2C[C@H](CO)CC(C)(C)O2)CC1. The lowest BCUT2D eigenvalue weighted by atomic mass is 9.83. The molecule has 1 heterocycles. The Morgan fingerprint density at radius 3 is 2.55 bits per heavy atom. The molecule has 1 aliphatic carbocycles. The highest BCUT2D eigenvalue weighted by atomic mass is 16.5. The van der Waals surface area contributed by atoms with Crippen molar-refractivity contribution in [2.45, 2.75) is 96.8 Å². The maximum absolute atomic E-state index is 11.8. The van der Waals surface area contributed by atoms with Gasteiger partial charge in [0.05, 0.1) is 11.7 Å². The molecule has 0 spiro atoms. The molecule has 0 aromatic carbocycles.